The molecule has 0 aliphatic carbocycles. The minimum Gasteiger partial charge on any atom is -0.457 e. The van der Waals surface area contributed by atoms with E-state index in [-0.39, 0.29) is 16.6 Å². The number of hydrogen-bond acceptors (Lipinski definition) is 7. The minimum atomic E-state index is -0.554. The van der Waals surface area contributed by atoms with Crippen LogP contribution in [0.3, 0.4) is 0 Å². The molecular weight excluding hydrogens is 466 g/mol. The van der Waals surface area contributed by atoms with E-state index >= 15 is 0 Å². The van der Waals surface area contributed by atoms with Crippen molar-refractivity contribution in [2.45, 2.75) is 0 Å². The van der Waals surface area contributed by atoms with Gasteiger partial charge in [0.2, 0.25) is 11.0 Å². The van der Waals surface area contributed by atoms with E-state index in [0.717, 1.165) is 16.9 Å². The van der Waals surface area contributed by atoms with Gasteiger partial charge >= 0.3 is 0 Å². The van der Waals surface area contributed by atoms with Crippen LogP contribution in [0.4, 0.5) is 0 Å². The van der Waals surface area contributed by atoms with Gasteiger partial charge in [0.1, 0.15) is 16.2 Å². The van der Waals surface area contributed by atoms with Crippen molar-refractivity contribution in [3.8, 4) is 16.5 Å². The molecule has 0 bridgehead atoms. The molecule has 1 aromatic carbocycles. The molecule has 0 spiro atoms. The van der Waals surface area contributed by atoms with Crippen molar-refractivity contribution in [2.24, 2.45) is 0 Å². The van der Waals surface area contributed by atoms with Gasteiger partial charge in [-0.15, -0.1) is 0 Å². The van der Waals surface area contributed by atoms with Gasteiger partial charge < -0.3 is 14.1 Å². The number of furan rings is 1. The van der Waals surface area contributed by atoms with Crippen molar-refractivity contribution in [1.82, 2.24) is 19.7 Å². The Kier molecular flexibility index (Phi) is 5.71. The first-order valence-electron chi connectivity index (χ1n) is 10.1. The third kappa shape index (κ3) is 4.40. The largest absolute Gasteiger partial charge is 0.457 e. The van der Waals surface area contributed by atoms with Gasteiger partial charge in [0.25, 0.3) is 5.56 Å². The fourth-order valence-electron chi connectivity index (χ4n) is 3.47. The zero-order chi connectivity index (χ0) is 22.9. The van der Waals surface area contributed by atoms with Crippen LogP contribution in [0, 0.1) is 5.41 Å². The molecule has 4 heterocycles. The highest BCUT2D eigenvalue weighted by Gasteiger charge is 2.16. The van der Waals surface area contributed by atoms with Crippen molar-refractivity contribution in [2.75, 3.05) is 26.3 Å². The second kappa shape index (κ2) is 8.81. The van der Waals surface area contributed by atoms with E-state index in [1.54, 1.807) is 29.2 Å². The number of rotatable bonds is 3. The van der Waals surface area contributed by atoms with Gasteiger partial charge in [-0.05, 0) is 30.3 Å². The number of halogens is 1. The summed E-state index contributed by atoms with van der Waals surface area (Å²) in [7, 11) is 0. The molecule has 168 valence electrons. The molecule has 3 aliphatic heterocycles. The number of hydrogen-bond donors (Lipinski definition) is 2. The number of morpholine rings is 1. The second-order valence-corrected chi connectivity index (χ2v) is 8.76. The number of nitrogens with zero attached hydrogens (tertiary/aromatic N) is 3. The molecule has 2 N–H and O–H groups in total. The molecule has 1 saturated heterocycles. The summed E-state index contributed by atoms with van der Waals surface area (Å²) >= 11 is 7.17. The number of amides is 1. The average Bonchev–Trinajstić information content (AvgIpc) is 3.44. The van der Waals surface area contributed by atoms with Crippen LogP contribution >= 0.6 is 22.9 Å². The smallest absolute Gasteiger partial charge is 0.283 e. The molecule has 2 aromatic rings. The molecule has 11 heteroatoms. The Balaban J connectivity index is 1.52. The lowest BCUT2D eigenvalue weighted by Crippen LogP contribution is -2.47. The van der Waals surface area contributed by atoms with Crippen molar-refractivity contribution < 1.29 is 13.9 Å². The molecule has 3 aliphatic rings. The maximum atomic E-state index is 12.6. The minimum absolute atomic E-state index is 0.0691. The maximum absolute atomic E-state index is 12.6. The quantitative estimate of drug-likeness (QED) is 0.449. The first-order chi connectivity index (χ1) is 16.0. The Labute approximate surface area is 195 Å². The highest BCUT2D eigenvalue weighted by Crippen LogP contribution is 2.24. The molecule has 0 atom stereocenters. The van der Waals surface area contributed by atoms with E-state index in [4.69, 9.17) is 26.2 Å². The van der Waals surface area contributed by atoms with Crippen molar-refractivity contribution in [3.63, 3.8) is 0 Å². The lowest BCUT2D eigenvalue weighted by atomic mass is 10.2. The standard InChI is InChI=1S/C22H18ClN5O4S/c23-14-3-1-2-13(10-14)17-5-4-15(32-17)11-16-20(24)28-22(25-21(16)30)33-18(26-28)12-19(29)27-6-8-31-9-7-27/h1-5,10-12,24,26H,6-9H2/b16-11-,18-12+,24-20?. The van der Waals surface area contributed by atoms with Crippen LogP contribution in [0.25, 0.3) is 28.6 Å². The van der Waals surface area contributed by atoms with Crippen LogP contribution in [0.15, 0.2) is 45.6 Å². The second-order valence-electron chi connectivity index (χ2n) is 7.31. The summed E-state index contributed by atoms with van der Waals surface area (Å²) in [5, 5.41) is 12.4. The van der Waals surface area contributed by atoms with Crippen LogP contribution in [0.2, 0.25) is 5.02 Å². The Bertz CT molecular complexity index is 1540. The topological polar surface area (TPSA) is 117 Å². The number of fused-ring (bicyclic) bond motifs is 1. The van der Waals surface area contributed by atoms with Crippen LogP contribution in [0.1, 0.15) is 5.76 Å². The van der Waals surface area contributed by atoms with Gasteiger partial charge in [0, 0.05) is 29.8 Å². The lowest BCUT2D eigenvalue weighted by Gasteiger charge is -2.25. The number of benzene rings is 1. The van der Waals surface area contributed by atoms with Gasteiger partial charge in [0.15, 0.2) is 5.49 Å². The molecule has 0 radical (unpaired) electrons. The van der Waals surface area contributed by atoms with E-state index in [0.29, 0.717) is 52.6 Å². The molecule has 0 saturated carbocycles. The summed E-state index contributed by atoms with van der Waals surface area (Å²) in [4.78, 5) is 30.9. The van der Waals surface area contributed by atoms with Gasteiger partial charge in [-0.3, -0.25) is 20.1 Å². The molecule has 1 fully saturated rings. The van der Waals surface area contributed by atoms with Crippen LogP contribution in [-0.2, 0) is 9.53 Å². The van der Waals surface area contributed by atoms with E-state index in [9.17, 15) is 9.59 Å². The molecule has 0 unspecified atom stereocenters. The molecule has 1 amide bonds. The van der Waals surface area contributed by atoms with Gasteiger partial charge in [-0.1, -0.05) is 35.1 Å². The number of ether oxygens (including phenoxy) is 1. The van der Waals surface area contributed by atoms with Crippen LogP contribution in [-0.4, -0.2) is 51.9 Å². The number of H-pyrrole nitrogens is 1. The Morgan fingerprint density at radius 1 is 1.24 bits per heavy atom. The van der Waals surface area contributed by atoms with Crippen LogP contribution in [0.5, 0.6) is 0 Å². The monoisotopic (exact) mass is 483 g/mol. The third-order valence-electron chi connectivity index (χ3n) is 5.12. The predicted molar refractivity (Wildman–Crippen MR) is 123 cm³/mol. The predicted octanol–water partition coefficient (Wildman–Crippen LogP) is 0.921. The zero-order valence-electron chi connectivity index (χ0n) is 17.2. The van der Waals surface area contributed by atoms with E-state index in [2.05, 4.69) is 10.1 Å². The first-order valence-corrected chi connectivity index (χ1v) is 11.3. The Hall–Kier alpha value is -3.47. The molecule has 5 rings (SSSR count). The summed E-state index contributed by atoms with van der Waals surface area (Å²) in [6.07, 6.45) is 2.92. The summed E-state index contributed by atoms with van der Waals surface area (Å²) in [6, 6.07) is 10.7. The van der Waals surface area contributed by atoms with Crippen molar-refractivity contribution >= 4 is 41.0 Å². The number of nitrogens with one attached hydrogen (secondary N) is 2. The summed E-state index contributed by atoms with van der Waals surface area (Å²) < 4.78 is 13.0. The zero-order valence-corrected chi connectivity index (χ0v) is 18.8. The van der Waals surface area contributed by atoms with E-state index in [1.165, 1.54) is 16.8 Å². The van der Waals surface area contributed by atoms with E-state index in [1.807, 2.05) is 12.1 Å². The number of carbonyl (C=O) groups excluding carboxylic acids is 1. The number of carbonyl (C=O) groups is 1. The summed E-state index contributed by atoms with van der Waals surface area (Å²) in [5.41, 5.74) is 0.164. The first kappa shape index (κ1) is 21.4. The average molecular weight is 484 g/mol. The van der Waals surface area contributed by atoms with Crippen molar-refractivity contribution in [3.05, 3.63) is 72.9 Å². The Morgan fingerprint density at radius 2 is 2.06 bits per heavy atom. The fraction of sp³-hybridized carbons (Fsp3) is 0.182. The number of aromatic nitrogens is 3. The highest BCUT2D eigenvalue weighted by molar-refractivity contribution is 7.11. The summed E-state index contributed by atoms with van der Waals surface area (Å²) in [6.45, 7) is 2.07. The molecule has 1 aromatic heterocycles. The van der Waals surface area contributed by atoms with Gasteiger partial charge in [-0.2, -0.15) is 4.98 Å². The third-order valence-corrected chi connectivity index (χ3v) is 6.24. The molecule has 33 heavy (non-hydrogen) atoms. The molecule has 9 nitrogen and oxygen atoms in total. The highest BCUT2D eigenvalue weighted by atomic mass is 35.5. The number of aromatic amines is 1. The van der Waals surface area contributed by atoms with E-state index < -0.39 is 5.56 Å². The normalized spacial score (nSPS) is 15.5. The van der Waals surface area contributed by atoms with Crippen molar-refractivity contribution in [1.29, 1.82) is 5.41 Å². The molecular formula is C22H18ClN5O4S. The SMILES string of the molecule is N=c1/c(=C/c2ccc(-c3cccc(Cl)c3)o2)c(=O)nc2s/c(=C/C(=O)N3CCOCC3)[nH]n1-2. The maximum Gasteiger partial charge on any atom is 0.283 e. The van der Waals surface area contributed by atoms with Gasteiger partial charge in [0.05, 0.1) is 18.4 Å². The Morgan fingerprint density at radius 3 is 2.85 bits per heavy atom. The fourth-order valence-corrected chi connectivity index (χ4v) is 4.51. The van der Waals surface area contributed by atoms with Crippen LogP contribution < -0.4 is 20.9 Å². The lowest BCUT2D eigenvalue weighted by molar-refractivity contribution is -0.128. The van der Waals surface area contributed by atoms with Gasteiger partial charge in [-0.25, -0.2) is 4.68 Å². The summed E-state index contributed by atoms with van der Waals surface area (Å²) in [5.74, 6) is 0.832.